The number of nitrogens with one attached hydrogen (secondary N) is 1. The SMILES string of the molecule is C/C=C/CC(F)(F)F.C=CC.Cc1cc2c(c(C)c1C(F)(F)F)N(CC1CCN(C)CC1)CCCC2Nc1nnn(C)n1. The van der Waals surface area contributed by atoms with Gasteiger partial charge in [-0.1, -0.05) is 29.4 Å². The molecule has 0 amide bonds. The molecule has 1 fully saturated rings. The molecule has 0 radical (unpaired) electrons. The lowest BCUT2D eigenvalue weighted by Gasteiger charge is -2.36. The van der Waals surface area contributed by atoms with Crippen LogP contribution in [0.3, 0.4) is 0 Å². The standard InChI is InChI=1S/C22H32F3N7.C5H7F3.C3H6/c1-14-12-17-18(26-21-27-29-31(4)28-21)6-5-9-32(13-16-7-10-30(3)11-8-16)20(17)15(2)19(14)22(23,24)25;1-2-3-4-5(6,7)8;1-3-2/h12,16,18H,5-11,13H2,1-4H3,(H,26,28);2-3H,4H2,1H3;3H,1H2,2H3/b;3-2+;. The lowest BCUT2D eigenvalue weighted by molar-refractivity contribution is -0.138. The van der Waals surface area contributed by atoms with E-state index in [2.05, 4.69) is 44.2 Å². The van der Waals surface area contributed by atoms with Crippen molar-refractivity contribution in [3.63, 3.8) is 0 Å². The quantitative estimate of drug-likeness (QED) is 0.275. The Bertz CT molecular complexity index is 1180. The maximum Gasteiger partial charge on any atom is 0.416 e. The van der Waals surface area contributed by atoms with Gasteiger partial charge in [-0.15, -0.1) is 11.7 Å². The highest BCUT2D eigenvalue weighted by Crippen LogP contribution is 2.45. The molecule has 43 heavy (non-hydrogen) atoms. The number of halogens is 6. The monoisotopic (exact) mass is 617 g/mol. The maximum absolute atomic E-state index is 14.0. The van der Waals surface area contributed by atoms with Gasteiger partial charge in [0.2, 0.25) is 0 Å². The first-order valence-electron chi connectivity index (χ1n) is 14.5. The van der Waals surface area contributed by atoms with Gasteiger partial charge in [0.05, 0.1) is 25.1 Å². The van der Waals surface area contributed by atoms with E-state index in [1.807, 2.05) is 6.92 Å². The summed E-state index contributed by atoms with van der Waals surface area (Å²) in [5, 5.41) is 15.4. The van der Waals surface area contributed by atoms with Gasteiger partial charge in [-0.3, -0.25) is 0 Å². The Labute approximate surface area is 251 Å². The van der Waals surface area contributed by atoms with Crippen molar-refractivity contribution in [1.82, 2.24) is 25.1 Å². The number of hydrogen-bond acceptors (Lipinski definition) is 6. The van der Waals surface area contributed by atoms with Crippen molar-refractivity contribution in [2.45, 2.75) is 78.2 Å². The first kappa shape index (κ1) is 36.1. The number of rotatable bonds is 5. The van der Waals surface area contributed by atoms with Crippen molar-refractivity contribution in [3.8, 4) is 0 Å². The zero-order chi connectivity index (χ0) is 32.4. The number of fused-ring (bicyclic) bond motifs is 1. The molecule has 7 nitrogen and oxygen atoms in total. The van der Waals surface area contributed by atoms with Crippen molar-refractivity contribution < 1.29 is 26.3 Å². The van der Waals surface area contributed by atoms with Gasteiger partial charge in [0.25, 0.3) is 5.95 Å². The molecule has 0 saturated carbocycles. The van der Waals surface area contributed by atoms with Crippen molar-refractivity contribution in [2.24, 2.45) is 13.0 Å². The number of tetrazole rings is 1. The summed E-state index contributed by atoms with van der Waals surface area (Å²) in [5.41, 5.74) is 1.68. The number of hydrogen-bond donors (Lipinski definition) is 1. The molecule has 3 heterocycles. The molecule has 0 spiro atoms. The Hall–Kier alpha value is -3.09. The van der Waals surface area contributed by atoms with E-state index in [0.29, 0.717) is 17.4 Å². The molecular formula is C30H45F6N7. The number of anilines is 2. The van der Waals surface area contributed by atoms with Crippen LogP contribution in [0.5, 0.6) is 0 Å². The third kappa shape index (κ3) is 11.2. The number of alkyl halides is 6. The van der Waals surface area contributed by atoms with Crippen LogP contribution in [-0.2, 0) is 13.2 Å². The number of likely N-dealkylation sites (tertiary alicyclic amines) is 1. The summed E-state index contributed by atoms with van der Waals surface area (Å²) in [6.07, 6.45) is -1.21. The zero-order valence-electron chi connectivity index (χ0n) is 26.0. The molecule has 1 N–H and O–H groups in total. The molecule has 2 aromatic rings. The van der Waals surface area contributed by atoms with Crippen LogP contribution in [0, 0.1) is 19.8 Å². The maximum atomic E-state index is 14.0. The Morgan fingerprint density at radius 2 is 1.65 bits per heavy atom. The van der Waals surface area contributed by atoms with Crippen LogP contribution in [-0.4, -0.2) is 64.5 Å². The molecule has 1 saturated heterocycles. The molecule has 1 aromatic heterocycles. The van der Waals surface area contributed by atoms with E-state index in [0.717, 1.165) is 69.2 Å². The lowest BCUT2D eigenvalue weighted by Crippen LogP contribution is -2.38. The van der Waals surface area contributed by atoms with Crippen LogP contribution in [0.4, 0.5) is 38.0 Å². The average Bonchev–Trinajstić information content (AvgIpc) is 3.23. The van der Waals surface area contributed by atoms with Crippen LogP contribution in [0.25, 0.3) is 0 Å². The second kappa shape index (κ2) is 16.1. The van der Waals surface area contributed by atoms with Crippen molar-refractivity contribution >= 4 is 11.6 Å². The van der Waals surface area contributed by atoms with E-state index in [4.69, 9.17) is 0 Å². The highest BCUT2D eigenvalue weighted by molar-refractivity contribution is 5.67. The largest absolute Gasteiger partial charge is 0.416 e. The molecule has 0 aliphatic carbocycles. The number of benzene rings is 1. The van der Waals surface area contributed by atoms with E-state index in [-0.39, 0.29) is 11.6 Å². The van der Waals surface area contributed by atoms with Crippen molar-refractivity contribution in [3.05, 3.63) is 53.1 Å². The van der Waals surface area contributed by atoms with E-state index < -0.39 is 24.3 Å². The molecule has 1 atom stereocenters. The average molecular weight is 618 g/mol. The second-order valence-electron chi connectivity index (χ2n) is 11.1. The summed E-state index contributed by atoms with van der Waals surface area (Å²) < 4.78 is 75.5. The third-order valence-corrected chi connectivity index (χ3v) is 7.38. The molecule has 2 aliphatic rings. The Morgan fingerprint density at radius 1 is 1.02 bits per heavy atom. The van der Waals surface area contributed by atoms with E-state index in [1.54, 1.807) is 40.0 Å². The molecule has 1 unspecified atom stereocenters. The fraction of sp³-hybridized carbons (Fsp3) is 0.633. The van der Waals surface area contributed by atoms with Crippen LogP contribution in [0.2, 0.25) is 0 Å². The predicted octanol–water partition coefficient (Wildman–Crippen LogP) is 7.65. The van der Waals surface area contributed by atoms with Gasteiger partial charge in [-0.05, 0) is 101 Å². The first-order valence-corrected chi connectivity index (χ1v) is 14.5. The number of aryl methyl sites for hydroxylation is 2. The summed E-state index contributed by atoms with van der Waals surface area (Å²) in [6.45, 7) is 13.6. The van der Waals surface area contributed by atoms with Gasteiger partial charge in [0.15, 0.2) is 0 Å². The smallest absolute Gasteiger partial charge is 0.371 e. The van der Waals surface area contributed by atoms with Gasteiger partial charge < -0.3 is 15.1 Å². The minimum atomic E-state index is -4.38. The normalized spacial score (nSPS) is 18.2. The van der Waals surface area contributed by atoms with Crippen molar-refractivity contribution in [2.75, 3.05) is 43.4 Å². The molecule has 4 rings (SSSR count). The van der Waals surface area contributed by atoms with Gasteiger partial charge >= 0.3 is 12.4 Å². The molecule has 2 aliphatic heterocycles. The number of aromatic nitrogens is 4. The third-order valence-electron chi connectivity index (χ3n) is 7.38. The Kier molecular flexibility index (Phi) is 13.5. The highest BCUT2D eigenvalue weighted by Gasteiger charge is 2.38. The number of piperidine rings is 1. The topological polar surface area (TPSA) is 62.1 Å². The van der Waals surface area contributed by atoms with Gasteiger partial charge in [-0.25, -0.2) is 0 Å². The van der Waals surface area contributed by atoms with E-state index in [1.165, 1.54) is 10.9 Å². The van der Waals surface area contributed by atoms with Crippen LogP contribution in [0.1, 0.15) is 74.2 Å². The van der Waals surface area contributed by atoms with Crippen molar-refractivity contribution in [1.29, 1.82) is 0 Å². The lowest BCUT2D eigenvalue weighted by atomic mass is 9.90. The van der Waals surface area contributed by atoms with E-state index in [9.17, 15) is 26.3 Å². The molecule has 242 valence electrons. The predicted molar refractivity (Wildman–Crippen MR) is 159 cm³/mol. The number of allylic oxidation sites excluding steroid dienone is 3. The summed E-state index contributed by atoms with van der Waals surface area (Å²) >= 11 is 0. The fourth-order valence-electron chi connectivity index (χ4n) is 5.52. The second-order valence-corrected chi connectivity index (χ2v) is 11.1. The minimum Gasteiger partial charge on any atom is -0.371 e. The molecule has 13 heteroatoms. The summed E-state index contributed by atoms with van der Waals surface area (Å²) in [5.74, 6) is 0.877. The van der Waals surface area contributed by atoms with Gasteiger partial charge in [0.1, 0.15) is 0 Å². The van der Waals surface area contributed by atoms with Crippen LogP contribution in [0.15, 0.2) is 30.9 Å². The minimum absolute atomic E-state index is 0.170. The first-order chi connectivity index (χ1) is 20.1. The Balaban J connectivity index is 0.000000503. The molecule has 0 bridgehead atoms. The van der Waals surface area contributed by atoms with E-state index >= 15 is 0 Å². The summed E-state index contributed by atoms with van der Waals surface area (Å²) in [4.78, 5) is 5.90. The highest BCUT2D eigenvalue weighted by atomic mass is 19.4. The van der Waals surface area contributed by atoms with Crippen LogP contribution < -0.4 is 10.2 Å². The Morgan fingerprint density at radius 3 is 2.14 bits per heavy atom. The molecule has 1 aromatic carbocycles. The fourth-order valence-corrected chi connectivity index (χ4v) is 5.52. The zero-order valence-corrected chi connectivity index (χ0v) is 26.0. The number of nitrogens with zero attached hydrogens (tertiary/aromatic N) is 6. The van der Waals surface area contributed by atoms with Crippen LogP contribution >= 0.6 is 0 Å². The van der Waals surface area contributed by atoms with Gasteiger partial charge in [0, 0.05) is 18.8 Å². The summed E-state index contributed by atoms with van der Waals surface area (Å²) in [7, 11) is 3.81. The molecular weight excluding hydrogens is 572 g/mol. The summed E-state index contributed by atoms with van der Waals surface area (Å²) in [6, 6.07) is 1.54. The van der Waals surface area contributed by atoms with Gasteiger partial charge in [-0.2, -0.15) is 31.1 Å².